The second-order valence-corrected chi connectivity index (χ2v) is 8.50. The number of halogens is 3. The van der Waals surface area contributed by atoms with Gasteiger partial charge in [0.05, 0.1) is 23.6 Å². The Morgan fingerprint density at radius 1 is 1.15 bits per heavy atom. The van der Waals surface area contributed by atoms with Crippen molar-refractivity contribution in [1.29, 1.82) is 0 Å². The molecule has 1 aliphatic heterocycles. The lowest BCUT2D eigenvalue weighted by Crippen LogP contribution is -2.25. The van der Waals surface area contributed by atoms with Crippen LogP contribution in [0.2, 0.25) is 0 Å². The average Bonchev–Trinajstić information content (AvgIpc) is 3.42. The van der Waals surface area contributed by atoms with E-state index < -0.39 is 11.7 Å². The molecule has 1 unspecified atom stereocenters. The number of carbonyl (C=O) groups excluding carboxylic acids is 1. The number of amidine groups is 1. The van der Waals surface area contributed by atoms with Crippen LogP contribution in [0.15, 0.2) is 75.3 Å². The molecule has 34 heavy (non-hydrogen) atoms. The van der Waals surface area contributed by atoms with Gasteiger partial charge in [0.2, 0.25) is 5.91 Å². The summed E-state index contributed by atoms with van der Waals surface area (Å²) in [6.45, 7) is 2.50. The summed E-state index contributed by atoms with van der Waals surface area (Å²) in [5.41, 5.74) is 0.548. The van der Waals surface area contributed by atoms with Gasteiger partial charge in [-0.2, -0.15) is 18.3 Å². The van der Waals surface area contributed by atoms with Gasteiger partial charge in [-0.15, -0.1) is 5.10 Å². The molecular formula is C24H20F3N3O3S. The lowest BCUT2D eigenvalue weighted by Gasteiger charge is -2.07. The van der Waals surface area contributed by atoms with Crippen molar-refractivity contribution >= 4 is 29.1 Å². The standard InChI is InChI=1S/C24H20F3N3O3S/c1-2-32-18-8-6-15(7-9-18)12-21-22(31)29-23(34-21)30-28-14-19-10-11-20(33-19)16-4-3-5-17(13-16)24(25,26)27/h3-11,13-14,21H,2,12H2,1H3,(H,29,30,31). The number of nitrogens with zero attached hydrogens (tertiary/aromatic N) is 2. The minimum absolute atomic E-state index is 0.155. The smallest absolute Gasteiger partial charge is 0.416 e. The second kappa shape index (κ2) is 10.2. The van der Waals surface area contributed by atoms with E-state index in [1.165, 1.54) is 30.1 Å². The molecule has 1 N–H and O–H groups in total. The zero-order valence-corrected chi connectivity index (χ0v) is 18.8. The van der Waals surface area contributed by atoms with Crippen LogP contribution in [0.4, 0.5) is 13.2 Å². The Morgan fingerprint density at radius 2 is 1.94 bits per heavy atom. The van der Waals surface area contributed by atoms with Crippen molar-refractivity contribution in [2.45, 2.75) is 24.8 Å². The first-order valence-corrected chi connectivity index (χ1v) is 11.3. The van der Waals surface area contributed by atoms with Gasteiger partial charge < -0.3 is 14.5 Å². The number of amides is 1. The molecular weight excluding hydrogens is 467 g/mol. The number of thioether (sulfide) groups is 1. The number of furan rings is 1. The number of rotatable bonds is 7. The third-order valence-corrected chi connectivity index (χ3v) is 5.94. The van der Waals surface area contributed by atoms with Crippen LogP contribution in [-0.2, 0) is 17.4 Å². The highest BCUT2D eigenvalue weighted by molar-refractivity contribution is 8.15. The maximum absolute atomic E-state index is 12.9. The normalized spacial score (nSPS) is 17.5. The van der Waals surface area contributed by atoms with E-state index in [1.54, 1.807) is 12.1 Å². The summed E-state index contributed by atoms with van der Waals surface area (Å²) in [6.07, 6.45) is -2.57. The predicted molar refractivity (Wildman–Crippen MR) is 125 cm³/mol. The number of ether oxygens (including phenoxy) is 1. The van der Waals surface area contributed by atoms with Crippen LogP contribution in [0.3, 0.4) is 0 Å². The van der Waals surface area contributed by atoms with Crippen molar-refractivity contribution in [2.24, 2.45) is 10.2 Å². The molecule has 2 heterocycles. The Balaban J connectivity index is 1.37. The first-order chi connectivity index (χ1) is 16.3. The quantitative estimate of drug-likeness (QED) is 0.351. The van der Waals surface area contributed by atoms with E-state index in [9.17, 15) is 18.0 Å². The van der Waals surface area contributed by atoms with Crippen LogP contribution in [0.25, 0.3) is 11.3 Å². The first-order valence-electron chi connectivity index (χ1n) is 10.4. The Hall–Kier alpha value is -3.53. The molecule has 0 spiro atoms. The van der Waals surface area contributed by atoms with Crippen molar-refractivity contribution in [3.05, 3.63) is 77.6 Å². The molecule has 3 aromatic rings. The monoisotopic (exact) mass is 487 g/mol. The summed E-state index contributed by atoms with van der Waals surface area (Å²) in [6, 6.07) is 15.6. The van der Waals surface area contributed by atoms with E-state index in [4.69, 9.17) is 9.15 Å². The molecule has 4 rings (SSSR count). The molecule has 0 saturated carbocycles. The molecule has 1 atom stereocenters. The van der Waals surface area contributed by atoms with E-state index in [0.29, 0.717) is 29.5 Å². The fourth-order valence-electron chi connectivity index (χ4n) is 3.25. The van der Waals surface area contributed by atoms with Crippen LogP contribution in [-0.4, -0.2) is 29.1 Å². The molecule has 0 aliphatic carbocycles. The number of alkyl halides is 3. The highest BCUT2D eigenvalue weighted by atomic mass is 32.2. The van der Waals surface area contributed by atoms with Crippen LogP contribution in [0.1, 0.15) is 23.8 Å². The molecule has 0 bridgehead atoms. The zero-order chi connectivity index (χ0) is 24.1. The molecule has 6 nitrogen and oxygen atoms in total. The van der Waals surface area contributed by atoms with Gasteiger partial charge in [0.1, 0.15) is 17.3 Å². The van der Waals surface area contributed by atoms with Crippen LogP contribution in [0.5, 0.6) is 5.75 Å². The molecule has 1 fully saturated rings. The number of hydrogen-bond donors (Lipinski definition) is 1. The van der Waals surface area contributed by atoms with Gasteiger partial charge >= 0.3 is 6.18 Å². The summed E-state index contributed by atoms with van der Waals surface area (Å²) in [5, 5.41) is 10.7. The van der Waals surface area contributed by atoms with Gasteiger partial charge in [0, 0.05) is 5.56 Å². The summed E-state index contributed by atoms with van der Waals surface area (Å²) in [5.74, 6) is 1.22. The van der Waals surface area contributed by atoms with E-state index >= 15 is 0 Å². The zero-order valence-electron chi connectivity index (χ0n) is 18.0. The Labute approximate surface area is 197 Å². The predicted octanol–water partition coefficient (Wildman–Crippen LogP) is 5.53. The lowest BCUT2D eigenvalue weighted by molar-refractivity contribution is -0.137. The summed E-state index contributed by atoms with van der Waals surface area (Å²) in [4.78, 5) is 12.3. The fourth-order valence-corrected chi connectivity index (χ4v) is 4.22. The van der Waals surface area contributed by atoms with Crippen LogP contribution >= 0.6 is 11.8 Å². The summed E-state index contributed by atoms with van der Waals surface area (Å²) < 4.78 is 49.7. The molecule has 1 amide bonds. The molecule has 1 aliphatic rings. The largest absolute Gasteiger partial charge is 0.494 e. The Morgan fingerprint density at radius 3 is 2.68 bits per heavy atom. The first kappa shape index (κ1) is 23.6. The Kier molecular flexibility index (Phi) is 7.06. The van der Waals surface area contributed by atoms with Gasteiger partial charge in [-0.25, -0.2) is 0 Å². The molecule has 0 radical (unpaired) electrons. The van der Waals surface area contributed by atoms with Gasteiger partial charge in [0.15, 0.2) is 5.17 Å². The summed E-state index contributed by atoms with van der Waals surface area (Å²) in [7, 11) is 0. The number of hydrogen-bond acceptors (Lipinski definition) is 6. The van der Waals surface area contributed by atoms with Crippen molar-refractivity contribution in [3.63, 3.8) is 0 Å². The van der Waals surface area contributed by atoms with Crippen molar-refractivity contribution < 1.29 is 27.1 Å². The van der Waals surface area contributed by atoms with E-state index in [-0.39, 0.29) is 16.9 Å². The van der Waals surface area contributed by atoms with Crippen molar-refractivity contribution in [3.8, 4) is 17.1 Å². The van der Waals surface area contributed by atoms with Gasteiger partial charge in [0.25, 0.3) is 0 Å². The number of benzene rings is 2. The maximum Gasteiger partial charge on any atom is 0.416 e. The van der Waals surface area contributed by atoms with Crippen LogP contribution in [0, 0.1) is 0 Å². The van der Waals surface area contributed by atoms with Gasteiger partial charge in [-0.1, -0.05) is 36.0 Å². The van der Waals surface area contributed by atoms with Crippen molar-refractivity contribution in [1.82, 2.24) is 5.32 Å². The minimum Gasteiger partial charge on any atom is -0.494 e. The number of nitrogens with one attached hydrogen (secondary N) is 1. The highest BCUT2D eigenvalue weighted by Crippen LogP contribution is 2.32. The van der Waals surface area contributed by atoms with Gasteiger partial charge in [-0.3, -0.25) is 4.79 Å². The Bertz CT molecular complexity index is 1220. The average molecular weight is 488 g/mol. The van der Waals surface area contributed by atoms with E-state index in [0.717, 1.165) is 23.4 Å². The maximum atomic E-state index is 12.9. The molecule has 1 aromatic heterocycles. The van der Waals surface area contributed by atoms with Gasteiger partial charge in [-0.05, 0) is 55.3 Å². The molecule has 10 heteroatoms. The topological polar surface area (TPSA) is 76.2 Å². The van der Waals surface area contributed by atoms with E-state index in [1.807, 2.05) is 31.2 Å². The third-order valence-electron chi connectivity index (χ3n) is 4.87. The minimum atomic E-state index is -4.43. The molecule has 2 aromatic carbocycles. The molecule has 1 saturated heterocycles. The molecule has 176 valence electrons. The highest BCUT2D eigenvalue weighted by Gasteiger charge is 2.31. The lowest BCUT2D eigenvalue weighted by atomic mass is 10.1. The van der Waals surface area contributed by atoms with Crippen molar-refractivity contribution in [2.75, 3.05) is 6.61 Å². The summed E-state index contributed by atoms with van der Waals surface area (Å²) >= 11 is 1.28. The number of carbonyl (C=O) groups is 1. The second-order valence-electron chi connectivity index (χ2n) is 7.31. The SMILES string of the molecule is CCOc1ccc(CC2SC(=NN=Cc3ccc(-c4cccc(C(F)(F)F)c4)o3)NC2=O)cc1. The van der Waals surface area contributed by atoms with E-state index in [2.05, 4.69) is 15.5 Å². The third kappa shape index (κ3) is 5.88. The van der Waals surface area contributed by atoms with Crippen LogP contribution < -0.4 is 10.1 Å². The fraction of sp³-hybridized carbons (Fsp3) is 0.208.